The minimum atomic E-state index is -0.743. The number of alkyl carbamates (subject to hydrolysis) is 2. The van der Waals surface area contributed by atoms with Gasteiger partial charge >= 0.3 is 18.2 Å². The van der Waals surface area contributed by atoms with Gasteiger partial charge in [0, 0.05) is 58.3 Å². The predicted octanol–water partition coefficient (Wildman–Crippen LogP) is 4.85. The third-order valence-corrected chi connectivity index (χ3v) is 5.57. The molecular weight excluding hydrogens is 662 g/mol. The van der Waals surface area contributed by atoms with Crippen LogP contribution in [0.5, 0.6) is 0 Å². The number of ether oxygens (including phenoxy) is 6. The number of nitrogens with two attached hydrogens (primary N) is 1. The molecule has 0 atom stereocenters. The van der Waals surface area contributed by atoms with Crippen LogP contribution in [0.3, 0.4) is 0 Å². The zero-order valence-corrected chi connectivity index (χ0v) is 32.1. The van der Waals surface area contributed by atoms with Crippen LogP contribution in [0.25, 0.3) is 0 Å². The van der Waals surface area contributed by atoms with E-state index in [9.17, 15) is 19.2 Å². The number of carboxylic acids is 1. The van der Waals surface area contributed by atoms with Crippen molar-refractivity contribution in [2.24, 2.45) is 5.73 Å². The third-order valence-electron chi connectivity index (χ3n) is 5.57. The highest BCUT2D eigenvalue weighted by Crippen LogP contribution is 2.07. The van der Waals surface area contributed by atoms with Crippen LogP contribution in [0.15, 0.2) is 0 Å². The number of rotatable bonds is 26. The van der Waals surface area contributed by atoms with Crippen LogP contribution in [-0.4, -0.2) is 113 Å². The van der Waals surface area contributed by atoms with Gasteiger partial charge in [0.15, 0.2) is 0 Å². The summed E-state index contributed by atoms with van der Waals surface area (Å²) in [6, 6.07) is 0. The monoisotopic (exact) mass is 729 g/mol. The fraction of sp³-hybridized carbons (Fsp3) is 0.784. The van der Waals surface area contributed by atoms with Gasteiger partial charge < -0.3 is 49.9 Å². The number of terminal acetylenes is 2. The number of hydrogen-bond acceptors (Lipinski definition) is 11. The van der Waals surface area contributed by atoms with E-state index in [2.05, 4.69) is 22.5 Å². The van der Waals surface area contributed by atoms with Crippen LogP contribution in [0.1, 0.15) is 106 Å². The highest BCUT2D eigenvalue weighted by atomic mass is 16.6. The number of carboxylic acid groups (broad SMARTS) is 1. The van der Waals surface area contributed by atoms with Crippen molar-refractivity contribution in [2.75, 3.05) is 72.5 Å². The normalized spacial score (nSPS) is 10.6. The molecule has 296 valence electrons. The molecule has 0 fully saturated rings. The van der Waals surface area contributed by atoms with E-state index in [1.807, 2.05) is 41.5 Å². The molecule has 0 aliphatic carbocycles. The molecule has 14 nitrogen and oxygen atoms in total. The number of hydrogen-bond donors (Lipinski definition) is 4. The summed E-state index contributed by atoms with van der Waals surface area (Å²) < 4.78 is 31.2. The van der Waals surface area contributed by atoms with Gasteiger partial charge in [0.25, 0.3) is 0 Å². The first-order chi connectivity index (χ1) is 24.1. The number of aliphatic carboxylic acids is 1. The molecule has 0 aromatic heterocycles. The van der Waals surface area contributed by atoms with Crippen molar-refractivity contribution in [2.45, 2.75) is 117 Å². The van der Waals surface area contributed by atoms with Gasteiger partial charge in [-0.15, -0.1) is 24.7 Å². The fourth-order valence-corrected chi connectivity index (χ4v) is 3.36. The molecule has 0 aliphatic heterocycles. The summed E-state index contributed by atoms with van der Waals surface area (Å²) in [4.78, 5) is 44.1. The number of ketones is 1. The molecular formula is C37H67N3O11. The molecule has 0 rings (SSSR count). The van der Waals surface area contributed by atoms with E-state index in [0.717, 1.165) is 32.1 Å². The van der Waals surface area contributed by atoms with Crippen LogP contribution < -0.4 is 16.4 Å². The molecule has 0 bridgehead atoms. The second-order valence-corrected chi connectivity index (χ2v) is 13.0. The molecule has 0 aromatic rings. The standard InChI is InChI=1S/C19H33NO5.C11H24N2O4.C7H10O2/c1-5-6-7-8-10-17(21)11-9-13-23-15-16-24-14-12-20-18(22)25-19(2,3)4;1-11(2,3)17-10(14)13-5-7-16-9-8-15-6-4-12;1-2-3-4-5-6-7(8)9/h1H,6-16H2,2-4H3,(H,20,22);4-9,12H2,1-3H3,(H,13,14);1H,3-6H2,(H,8,9). The van der Waals surface area contributed by atoms with Crippen LogP contribution in [0, 0.1) is 24.7 Å². The number of carbonyl (C=O) groups is 4. The average molecular weight is 730 g/mol. The largest absolute Gasteiger partial charge is 0.481 e. The van der Waals surface area contributed by atoms with Crippen molar-refractivity contribution in [1.82, 2.24) is 10.6 Å². The summed E-state index contributed by atoms with van der Waals surface area (Å²) in [5.41, 5.74) is 4.28. The lowest BCUT2D eigenvalue weighted by Gasteiger charge is -2.19. The van der Waals surface area contributed by atoms with E-state index in [-0.39, 0.29) is 12.2 Å². The average Bonchev–Trinajstić information content (AvgIpc) is 3.02. The van der Waals surface area contributed by atoms with Crippen LogP contribution >= 0.6 is 0 Å². The molecule has 0 unspecified atom stereocenters. The van der Waals surface area contributed by atoms with Crippen molar-refractivity contribution >= 4 is 23.9 Å². The summed E-state index contributed by atoms with van der Waals surface area (Å²) in [7, 11) is 0. The molecule has 14 heteroatoms. The summed E-state index contributed by atoms with van der Waals surface area (Å²) in [5.74, 6) is 4.54. The Morgan fingerprint density at radius 1 is 0.588 bits per heavy atom. The van der Waals surface area contributed by atoms with Crippen molar-refractivity contribution < 1.29 is 52.7 Å². The molecule has 0 spiro atoms. The molecule has 0 aliphatic rings. The molecule has 0 saturated carbocycles. The molecule has 51 heavy (non-hydrogen) atoms. The van der Waals surface area contributed by atoms with Gasteiger partial charge in [-0.1, -0.05) is 0 Å². The van der Waals surface area contributed by atoms with Crippen LogP contribution in [-0.2, 0) is 38.0 Å². The van der Waals surface area contributed by atoms with E-state index < -0.39 is 29.4 Å². The second-order valence-electron chi connectivity index (χ2n) is 13.0. The lowest BCUT2D eigenvalue weighted by atomic mass is 10.1. The van der Waals surface area contributed by atoms with Gasteiger partial charge in [-0.3, -0.25) is 9.59 Å². The zero-order valence-electron chi connectivity index (χ0n) is 32.1. The minimum Gasteiger partial charge on any atom is -0.481 e. The first-order valence-corrected chi connectivity index (χ1v) is 17.6. The fourth-order valence-electron chi connectivity index (χ4n) is 3.36. The van der Waals surface area contributed by atoms with Gasteiger partial charge in [-0.25, -0.2) is 9.59 Å². The number of Topliss-reactive ketones (excluding diaryl/α,β-unsaturated/α-hetero) is 1. The first kappa shape index (κ1) is 52.0. The first-order valence-electron chi connectivity index (χ1n) is 17.6. The Labute approximate surface area is 306 Å². The molecule has 5 N–H and O–H groups in total. The Morgan fingerprint density at radius 3 is 1.37 bits per heavy atom. The van der Waals surface area contributed by atoms with E-state index in [0.29, 0.717) is 98.2 Å². The summed E-state index contributed by atoms with van der Waals surface area (Å²) in [6.45, 7) is 16.1. The van der Waals surface area contributed by atoms with E-state index in [1.54, 1.807) is 0 Å². The SMILES string of the molecule is C#CCCCCC(=O)CCCOCCOCCNC(=O)OC(C)(C)C.C#CCCCCC(=O)O.CC(C)(C)OC(=O)NCCOCCOCCN. The Bertz CT molecular complexity index is 965. The maximum absolute atomic E-state index is 11.6. The molecule has 0 aromatic carbocycles. The lowest BCUT2D eigenvalue weighted by Crippen LogP contribution is -2.34. The smallest absolute Gasteiger partial charge is 0.407 e. The lowest BCUT2D eigenvalue weighted by molar-refractivity contribution is -0.137. The molecule has 2 amide bonds. The van der Waals surface area contributed by atoms with Gasteiger partial charge in [0.05, 0.1) is 46.2 Å². The zero-order chi connectivity index (χ0) is 39.2. The quantitative estimate of drug-likeness (QED) is 0.0699. The molecule has 0 heterocycles. The molecule has 0 saturated heterocycles. The van der Waals surface area contributed by atoms with E-state index in [4.69, 9.17) is 52.1 Å². The Morgan fingerprint density at radius 2 is 0.980 bits per heavy atom. The third kappa shape index (κ3) is 53.6. The van der Waals surface area contributed by atoms with Gasteiger partial charge in [-0.2, -0.15) is 0 Å². The number of carbonyl (C=O) groups excluding carboxylic acids is 3. The number of unbranched alkanes of at least 4 members (excludes halogenated alkanes) is 4. The van der Waals surface area contributed by atoms with Crippen molar-refractivity contribution in [3.8, 4) is 24.7 Å². The maximum Gasteiger partial charge on any atom is 0.407 e. The minimum absolute atomic E-state index is 0.238. The summed E-state index contributed by atoms with van der Waals surface area (Å²) in [5, 5.41) is 13.4. The van der Waals surface area contributed by atoms with Crippen LogP contribution in [0.4, 0.5) is 9.59 Å². The number of nitrogens with one attached hydrogen (secondary N) is 2. The summed E-state index contributed by atoms with van der Waals surface area (Å²) in [6.07, 6.45) is 16.1. The Balaban J connectivity index is -0.000000760. The topological polar surface area (TPSA) is 194 Å². The second kappa shape index (κ2) is 36.4. The van der Waals surface area contributed by atoms with E-state index in [1.165, 1.54) is 0 Å². The van der Waals surface area contributed by atoms with Crippen molar-refractivity contribution in [1.29, 1.82) is 0 Å². The van der Waals surface area contributed by atoms with Crippen molar-refractivity contribution in [3.63, 3.8) is 0 Å². The number of amides is 2. The van der Waals surface area contributed by atoms with Gasteiger partial charge in [0.1, 0.15) is 17.0 Å². The van der Waals surface area contributed by atoms with Gasteiger partial charge in [-0.05, 0) is 73.6 Å². The summed E-state index contributed by atoms with van der Waals surface area (Å²) >= 11 is 0. The van der Waals surface area contributed by atoms with Gasteiger partial charge in [0.2, 0.25) is 0 Å². The molecule has 0 radical (unpaired) electrons. The van der Waals surface area contributed by atoms with Crippen molar-refractivity contribution in [3.05, 3.63) is 0 Å². The highest BCUT2D eigenvalue weighted by molar-refractivity contribution is 5.78. The van der Waals surface area contributed by atoms with E-state index >= 15 is 0 Å². The Kier molecular flexibility index (Phi) is 37.1. The van der Waals surface area contributed by atoms with Crippen LogP contribution in [0.2, 0.25) is 0 Å². The highest BCUT2D eigenvalue weighted by Gasteiger charge is 2.16. The maximum atomic E-state index is 11.6. The Hall–Kier alpha value is -3.40. The predicted molar refractivity (Wildman–Crippen MR) is 197 cm³/mol.